The number of hydrogen-bond donors (Lipinski definition) is 2. The lowest BCUT2D eigenvalue weighted by molar-refractivity contribution is 0.0706. The Hall–Kier alpha value is -2.57. The van der Waals surface area contributed by atoms with Crippen molar-refractivity contribution < 1.29 is 19.5 Å². The maximum Gasteiger partial charge on any atom is 0.274 e. The van der Waals surface area contributed by atoms with Gasteiger partial charge in [0.15, 0.2) is 0 Å². The largest absolute Gasteiger partial charge is 0.497 e. The molecule has 2 aromatic rings. The molecule has 2 N–H and O–H groups in total. The smallest absolute Gasteiger partial charge is 0.274 e. The molecule has 0 spiro atoms. The zero-order valence-corrected chi connectivity index (χ0v) is 14.4. The van der Waals surface area contributed by atoms with E-state index < -0.39 is 5.91 Å². The zero-order chi connectivity index (χ0) is 17.8. The SMILES string of the molecule is COc1ccc(CN2CCOc3cc(C(=O)NO)ccc3C2C)cc1. The van der Waals surface area contributed by atoms with Crippen LogP contribution in [0.3, 0.4) is 0 Å². The molecule has 0 fully saturated rings. The topological polar surface area (TPSA) is 71.0 Å². The summed E-state index contributed by atoms with van der Waals surface area (Å²) >= 11 is 0. The third-order valence-electron chi connectivity index (χ3n) is 4.56. The van der Waals surface area contributed by atoms with Crippen LogP contribution in [0.4, 0.5) is 0 Å². The molecular weight excluding hydrogens is 320 g/mol. The highest BCUT2D eigenvalue weighted by Crippen LogP contribution is 2.33. The quantitative estimate of drug-likeness (QED) is 0.660. The monoisotopic (exact) mass is 342 g/mol. The van der Waals surface area contributed by atoms with Crippen molar-refractivity contribution in [2.75, 3.05) is 20.3 Å². The van der Waals surface area contributed by atoms with Crippen molar-refractivity contribution in [3.63, 3.8) is 0 Å². The van der Waals surface area contributed by atoms with Crippen molar-refractivity contribution in [1.29, 1.82) is 0 Å². The first-order valence-electron chi connectivity index (χ1n) is 8.20. The van der Waals surface area contributed by atoms with E-state index in [1.165, 1.54) is 5.56 Å². The number of rotatable bonds is 4. The molecule has 0 saturated carbocycles. The van der Waals surface area contributed by atoms with E-state index in [2.05, 4.69) is 24.0 Å². The van der Waals surface area contributed by atoms with E-state index in [1.807, 2.05) is 18.2 Å². The van der Waals surface area contributed by atoms with Gasteiger partial charge < -0.3 is 9.47 Å². The maximum absolute atomic E-state index is 11.6. The maximum atomic E-state index is 11.6. The second kappa shape index (κ2) is 7.55. The fraction of sp³-hybridized carbons (Fsp3) is 0.316. The minimum atomic E-state index is -0.543. The lowest BCUT2D eigenvalue weighted by Crippen LogP contribution is -2.28. The van der Waals surface area contributed by atoms with Gasteiger partial charge in [0, 0.05) is 30.3 Å². The first-order valence-corrected chi connectivity index (χ1v) is 8.20. The Labute approximate surface area is 146 Å². The number of ether oxygens (including phenoxy) is 2. The van der Waals surface area contributed by atoms with Gasteiger partial charge in [0.2, 0.25) is 0 Å². The van der Waals surface area contributed by atoms with Crippen LogP contribution >= 0.6 is 0 Å². The van der Waals surface area contributed by atoms with Crippen molar-refractivity contribution in [3.05, 3.63) is 59.2 Å². The number of carbonyl (C=O) groups is 1. The Balaban J connectivity index is 1.80. The average molecular weight is 342 g/mol. The van der Waals surface area contributed by atoms with Crippen molar-refractivity contribution in [3.8, 4) is 11.5 Å². The van der Waals surface area contributed by atoms with Gasteiger partial charge in [0.1, 0.15) is 18.1 Å². The Kier molecular flexibility index (Phi) is 5.21. The van der Waals surface area contributed by atoms with E-state index in [0.29, 0.717) is 17.9 Å². The summed E-state index contributed by atoms with van der Waals surface area (Å²) in [7, 11) is 1.66. The molecule has 1 aliphatic heterocycles. The fourth-order valence-electron chi connectivity index (χ4n) is 3.05. The van der Waals surface area contributed by atoms with Gasteiger partial charge in [-0.15, -0.1) is 0 Å². The van der Waals surface area contributed by atoms with Crippen LogP contribution in [-0.4, -0.2) is 36.3 Å². The highest BCUT2D eigenvalue weighted by Gasteiger charge is 2.24. The van der Waals surface area contributed by atoms with Crippen molar-refractivity contribution in [2.45, 2.75) is 19.5 Å². The molecule has 0 aliphatic carbocycles. The summed E-state index contributed by atoms with van der Waals surface area (Å²) in [4.78, 5) is 13.9. The zero-order valence-electron chi connectivity index (χ0n) is 14.4. The predicted octanol–water partition coefficient (Wildman–Crippen LogP) is 2.77. The Morgan fingerprint density at radius 2 is 2.08 bits per heavy atom. The molecule has 1 unspecified atom stereocenters. The van der Waals surface area contributed by atoms with E-state index in [0.717, 1.165) is 24.4 Å². The Morgan fingerprint density at radius 3 is 2.76 bits per heavy atom. The first kappa shape index (κ1) is 17.3. The Bertz CT molecular complexity index is 746. The second-order valence-corrected chi connectivity index (χ2v) is 6.04. The number of nitrogens with zero attached hydrogens (tertiary/aromatic N) is 1. The highest BCUT2D eigenvalue weighted by molar-refractivity contribution is 5.93. The molecule has 3 rings (SSSR count). The van der Waals surface area contributed by atoms with Crippen LogP contribution < -0.4 is 15.0 Å². The van der Waals surface area contributed by atoms with Gasteiger partial charge in [-0.2, -0.15) is 0 Å². The van der Waals surface area contributed by atoms with Gasteiger partial charge in [0.05, 0.1) is 7.11 Å². The minimum Gasteiger partial charge on any atom is -0.497 e. The number of benzene rings is 2. The van der Waals surface area contributed by atoms with Crippen molar-refractivity contribution >= 4 is 5.91 Å². The standard InChI is InChI=1S/C19H22N2O4/c1-13-17-8-5-15(19(22)20-23)11-18(17)25-10-9-21(13)12-14-3-6-16(24-2)7-4-14/h3-8,11,13,23H,9-10,12H2,1-2H3,(H,20,22). The van der Waals surface area contributed by atoms with Crippen molar-refractivity contribution in [2.24, 2.45) is 0 Å². The van der Waals surface area contributed by atoms with E-state index in [-0.39, 0.29) is 6.04 Å². The summed E-state index contributed by atoms with van der Waals surface area (Å²) < 4.78 is 11.0. The van der Waals surface area contributed by atoms with E-state index in [9.17, 15) is 4.79 Å². The molecule has 0 bridgehead atoms. The number of fused-ring (bicyclic) bond motifs is 1. The number of hydrogen-bond acceptors (Lipinski definition) is 5. The lowest BCUT2D eigenvalue weighted by Gasteiger charge is -2.27. The van der Waals surface area contributed by atoms with Gasteiger partial charge in [-0.3, -0.25) is 14.9 Å². The normalized spacial score (nSPS) is 17.2. The highest BCUT2D eigenvalue weighted by atomic mass is 16.5. The molecule has 0 radical (unpaired) electrons. The molecule has 2 aromatic carbocycles. The van der Waals surface area contributed by atoms with Crippen LogP contribution in [0.5, 0.6) is 11.5 Å². The average Bonchev–Trinajstić information content (AvgIpc) is 2.80. The summed E-state index contributed by atoms with van der Waals surface area (Å²) in [5, 5.41) is 8.79. The molecule has 132 valence electrons. The summed E-state index contributed by atoms with van der Waals surface area (Å²) in [6.45, 7) is 4.25. The number of amides is 1. The van der Waals surface area contributed by atoms with Gasteiger partial charge in [-0.1, -0.05) is 18.2 Å². The summed E-state index contributed by atoms with van der Waals surface area (Å²) in [6, 6.07) is 13.4. The molecule has 25 heavy (non-hydrogen) atoms. The van der Waals surface area contributed by atoms with E-state index in [4.69, 9.17) is 14.7 Å². The second-order valence-electron chi connectivity index (χ2n) is 6.04. The van der Waals surface area contributed by atoms with Crippen LogP contribution in [0.2, 0.25) is 0 Å². The summed E-state index contributed by atoms with van der Waals surface area (Å²) in [5.41, 5.74) is 4.25. The molecule has 6 nitrogen and oxygen atoms in total. The van der Waals surface area contributed by atoms with Crippen LogP contribution in [-0.2, 0) is 6.54 Å². The summed E-state index contributed by atoms with van der Waals surface area (Å²) in [5.74, 6) is 0.986. The van der Waals surface area contributed by atoms with E-state index >= 15 is 0 Å². The van der Waals surface area contributed by atoms with Crippen LogP contribution in [0.15, 0.2) is 42.5 Å². The molecule has 1 heterocycles. The van der Waals surface area contributed by atoms with E-state index in [1.54, 1.807) is 24.7 Å². The predicted molar refractivity (Wildman–Crippen MR) is 93.0 cm³/mol. The molecule has 0 aromatic heterocycles. The fourth-order valence-corrected chi connectivity index (χ4v) is 3.05. The van der Waals surface area contributed by atoms with Gasteiger partial charge >= 0.3 is 0 Å². The van der Waals surface area contributed by atoms with Crippen LogP contribution in [0.25, 0.3) is 0 Å². The minimum absolute atomic E-state index is 0.144. The number of carbonyl (C=O) groups excluding carboxylic acids is 1. The lowest BCUT2D eigenvalue weighted by atomic mass is 10.0. The molecule has 6 heteroatoms. The third kappa shape index (κ3) is 3.75. The first-order chi connectivity index (χ1) is 12.1. The van der Waals surface area contributed by atoms with Crippen molar-refractivity contribution in [1.82, 2.24) is 10.4 Å². The molecule has 1 amide bonds. The number of hydroxylamine groups is 1. The molecular formula is C19H22N2O4. The molecule has 0 saturated heterocycles. The van der Waals surface area contributed by atoms with Gasteiger partial charge in [-0.05, 0) is 36.8 Å². The Morgan fingerprint density at radius 1 is 1.32 bits per heavy atom. The van der Waals surface area contributed by atoms with Gasteiger partial charge in [-0.25, -0.2) is 5.48 Å². The van der Waals surface area contributed by atoms with Crippen LogP contribution in [0.1, 0.15) is 34.5 Å². The van der Waals surface area contributed by atoms with Gasteiger partial charge in [0.25, 0.3) is 5.91 Å². The molecule has 1 atom stereocenters. The summed E-state index contributed by atoms with van der Waals surface area (Å²) in [6.07, 6.45) is 0. The molecule has 1 aliphatic rings. The van der Waals surface area contributed by atoms with Crippen LogP contribution in [0, 0.1) is 0 Å². The third-order valence-corrected chi connectivity index (χ3v) is 4.56. The number of nitrogens with one attached hydrogen (secondary N) is 1. The number of methoxy groups -OCH3 is 1.